The zero-order chi connectivity index (χ0) is 16.1. The number of halogens is 2. The first-order valence-corrected chi connectivity index (χ1v) is 6.48. The van der Waals surface area contributed by atoms with Gasteiger partial charge < -0.3 is 14.8 Å². The lowest BCUT2D eigenvalue weighted by Gasteiger charge is -2.11. The van der Waals surface area contributed by atoms with E-state index in [9.17, 15) is 13.6 Å². The zero-order valence-electron chi connectivity index (χ0n) is 12.2. The average Bonchev–Trinajstić information content (AvgIpc) is 2.45. The van der Waals surface area contributed by atoms with Gasteiger partial charge in [-0.25, -0.2) is 8.78 Å². The molecule has 0 atom stereocenters. The predicted octanol–water partition coefficient (Wildman–Crippen LogP) is 3.16. The van der Waals surface area contributed by atoms with E-state index in [2.05, 4.69) is 5.32 Å². The molecule has 1 N–H and O–H groups in total. The highest BCUT2D eigenvalue weighted by atomic mass is 19.1. The molecule has 0 spiro atoms. The van der Waals surface area contributed by atoms with Crippen LogP contribution < -0.4 is 14.8 Å². The van der Waals surface area contributed by atoms with Crippen LogP contribution in [0.25, 0.3) is 0 Å². The van der Waals surface area contributed by atoms with Crippen molar-refractivity contribution in [2.24, 2.45) is 0 Å². The standard InChI is InChI=1S/C16H15F2NO3/c1-21-14-3-4-15(22-2)10(5-14)6-16(20)19-13-8-11(17)7-12(18)9-13/h3-5,7-9H,6H2,1-2H3,(H,19,20). The Labute approximate surface area is 126 Å². The summed E-state index contributed by atoms with van der Waals surface area (Å²) < 4.78 is 36.5. The minimum Gasteiger partial charge on any atom is -0.497 e. The van der Waals surface area contributed by atoms with Crippen molar-refractivity contribution >= 4 is 11.6 Å². The van der Waals surface area contributed by atoms with Crippen LogP contribution in [0.2, 0.25) is 0 Å². The third-order valence-corrected chi connectivity index (χ3v) is 2.98. The highest BCUT2D eigenvalue weighted by Crippen LogP contribution is 2.24. The fourth-order valence-electron chi connectivity index (χ4n) is 2.02. The minimum absolute atomic E-state index is 0.0154. The first-order valence-electron chi connectivity index (χ1n) is 6.48. The summed E-state index contributed by atoms with van der Waals surface area (Å²) in [4.78, 5) is 12.0. The van der Waals surface area contributed by atoms with Crippen molar-refractivity contribution in [1.82, 2.24) is 0 Å². The molecule has 2 aromatic rings. The third-order valence-electron chi connectivity index (χ3n) is 2.98. The molecule has 1 amide bonds. The Hall–Kier alpha value is -2.63. The molecule has 0 saturated heterocycles. The molecule has 0 unspecified atom stereocenters. The first kappa shape index (κ1) is 15.8. The smallest absolute Gasteiger partial charge is 0.228 e. The molecule has 6 heteroatoms. The number of ether oxygens (including phenoxy) is 2. The van der Waals surface area contributed by atoms with Gasteiger partial charge in [0.05, 0.1) is 20.6 Å². The molecule has 2 rings (SSSR count). The summed E-state index contributed by atoms with van der Waals surface area (Å²) >= 11 is 0. The summed E-state index contributed by atoms with van der Waals surface area (Å²) in [6.45, 7) is 0. The van der Waals surface area contributed by atoms with E-state index in [0.717, 1.165) is 18.2 Å². The van der Waals surface area contributed by atoms with E-state index in [1.165, 1.54) is 14.2 Å². The van der Waals surface area contributed by atoms with Crippen LogP contribution in [0.5, 0.6) is 11.5 Å². The highest BCUT2D eigenvalue weighted by Gasteiger charge is 2.11. The van der Waals surface area contributed by atoms with E-state index in [-0.39, 0.29) is 12.1 Å². The number of anilines is 1. The van der Waals surface area contributed by atoms with Crippen LogP contribution >= 0.6 is 0 Å². The van der Waals surface area contributed by atoms with Crippen LogP contribution in [-0.4, -0.2) is 20.1 Å². The summed E-state index contributed by atoms with van der Waals surface area (Å²) in [5.41, 5.74) is 0.667. The molecule has 0 saturated carbocycles. The van der Waals surface area contributed by atoms with Gasteiger partial charge in [0.1, 0.15) is 23.1 Å². The van der Waals surface area contributed by atoms with Crippen molar-refractivity contribution in [1.29, 1.82) is 0 Å². The molecular formula is C16H15F2NO3. The Bertz CT molecular complexity index is 669. The number of rotatable bonds is 5. The second-order valence-electron chi connectivity index (χ2n) is 4.56. The van der Waals surface area contributed by atoms with Crippen molar-refractivity contribution in [3.8, 4) is 11.5 Å². The van der Waals surface area contributed by atoms with Crippen LogP contribution in [0.3, 0.4) is 0 Å². The molecule has 0 aliphatic rings. The molecule has 0 radical (unpaired) electrons. The van der Waals surface area contributed by atoms with Gasteiger partial charge in [-0.1, -0.05) is 0 Å². The van der Waals surface area contributed by atoms with E-state index in [1.54, 1.807) is 18.2 Å². The number of carbonyl (C=O) groups is 1. The first-order chi connectivity index (χ1) is 10.5. The van der Waals surface area contributed by atoms with Gasteiger partial charge in [-0.05, 0) is 30.3 Å². The molecule has 0 bridgehead atoms. The predicted molar refractivity (Wildman–Crippen MR) is 78.2 cm³/mol. The third kappa shape index (κ3) is 3.94. The van der Waals surface area contributed by atoms with E-state index in [0.29, 0.717) is 17.1 Å². The van der Waals surface area contributed by atoms with Gasteiger partial charge in [-0.3, -0.25) is 4.79 Å². The molecular weight excluding hydrogens is 292 g/mol. The second-order valence-corrected chi connectivity index (χ2v) is 4.56. The van der Waals surface area contributed by atoms with Crippen LogP contribution in [0.15, 0.2) is 36.4 Å². The van der Waals surface area contributed by atoms with Crippen molar-refractivity contribution in [3.63, 3.8) is 0 Å². The van der Waals surface area contributed by atoms with Crippen LogP contribution in [0, 0.1) is 11.6 Å². The van der Waals surface area contributed by atoms with Crippen molar-refractivity contribution in [2.75, 3.05) is 19.5 Å². The molecule has 0 aliphatic heterocycles. The monoisotopic (exact) mass is 307 g/mol. The Morgan fingerprint density at radius 2 is 1.73 bits per heavy atom. The topological polar surface area (TPSA) is 47.6 Å². The van der Waals surface area contributed by atoms with Crippen molar-refractivity contribution in [3.05, 3.63) is 53.6 Å². The number of carbonyl (C=O) groups excluding carboxylic acids is 1. The van der Waals surface area contributed by atoms with Crippen LogP contribution in [0.1, 0.15) is 5.56 Å². The molecule has 0 aliphatic carbocycles. The fourth-order valence-corrected chi connectivity index (χ4v) is 2.02. The number of hydrogen-bond acceptors (Lipinski definition) is 3. The normalized spacial score (nSPS) is 10.2. The van der Waals surface area contributed by atoms with Crippen LogP contribution in [0.4, 0.5) is 14.5 Å². The molecule has 2 aromatic carbocycles. The van der Waals surface area contributed by atoms with Gasteiger partial charge in [0, 0.05) is 17.3 Å². The van der Waals surface area contributed by atoms with Gasteiger partial charge in [-0.2, -0.15) is 0 Å². The molecule has 0 fully saturated rings. The molecule has 4 nitrogen and oxygen atoms in total. The maximum atomic E-state index is 13.1. The quantitative estimate of drug-likeness (QED) is 0.923. The number of hydrogen-bond donors (Lipinski definition) is 1. The zero-order valence-corrected chi connectivity index (χ0v) is 12.2. The maximum Gasteiger partial charge on any atom is 0.228 e. The van der Waals surface area contributed by atoms with E-state index < -0.39 is 17.5 Å². The van der Waals surface area contributed by atoms with Gasteiger partial charge in [0.15, 0.2) is 0 Å². The lowest BCUT2D eigenvalue weighted by molar-refractivity contribution is -0.115. The van der Waals surface area contributed by atoms with E-state index >= 15 is 0 Å². The number of nitrogens with one attached hydrogen (secondary N) is 1. The minimum atomic E-state index is -0.755. The summed E-state index contributed by atoms with van der Waals surface area (Å²) in [5.74, 6) is -0.818. The fraction of sp³-hybridized carbons (Fsp3) is 0.188. The summed E-state index contributed by atoms with van der Waals surface area (Å²) in [5, 5.41) is 2.45. The number of methoxy groups -OCH3 is 2. The lowest BCUT2D eigenvalue weighted by Crippen LogP contribution is -2.15. The Morgan fingerprint density at radius 3 is 2.32 bits per heavy atom. The second kappa shape index (κ2) is 6.89. The van der Waals surface area contributed by atoms with Gasteiger partial charge in [0.25, 0.3) is 0 Å². The lowest BCUT2D eigenvalue weighted by atomic mass is 10.1. The Morgan fingerprint density at radius 1 is 1.05 bits per heavy atom. The van der Waals surface area contributed by atoms with E-state index in [4.69, 9.17) is 9.47 Å². The number of amides is 1. The molecule has 116 valence electrons. The number of benzene rings is 2. The average molecular weight is 307 g/mol. The van der Waals surface area contributed by atoms with Crippen molar-refractivity contribution < 1.29 is 23.0 Å². The molecule has 0 heterocycles. The SMILES string of the molecule is COc1ccc(OC)c(CC(=O)Nc2cc(F)cc(F)c2)c1. The Balaban J connectivity index is 2.14. The van der Waals surface area contributed by atoms with E-state index in [1.807, 2.05) is 0 Å². The van der Waals surface area contributed by atoms with Gasteiger partial charge in [0.2, 0.25) is 5.91 Å². The summed E-state index contributed by atoms with van der Waals surface area (Å²) in [7, 11) is 3.01. The Kier molecular flexibility index (Phi) is 4.93. The maximum absolute atomic E-state index is 13.1. The summed E-state index contributed by atoms with van der Waals surface area (Å²) in [6.07, 6.45) is -0.0154. The largest absolute Gasteiger partial charge is 0.497 e. The highest BCUT2D eigenvalue weighted by molar-refractivity contribution is 5.92. The summed E-state index contributed by atoms with van der Waals surface area (Å²) in [6, 6.07) is 7.89. The van der Waals surface area contributed by atoms with Gasteiger partial charge in [-0.15, -0.1) is 0 Å². The molecule has 22 heavy (non-hydrogen) atoms. The van der Waals surface area contributed by atoms with Gasteiger partial charge >= 0.3 is 0 Å². The van der Waals surface area contributed by atoms with Crippen LogP contribution in [-0.2, 0) is 11.2 Å². The molecule has 0 aromatic heterocycles. The van der Waals surface area contributed by atoms with Crippen molar-refractivity contribution in [2.45, 2.75) is 6.42 Å².